The minimum absolute atomic E-state index is 0.0291. The normalized spacial score (nSPS) is 23.1. The van der Waals surface area contributed by atoms with Crippen molar-refractivity contribution in [2.24, 2.45) is 0 Å². The predicted molar refractivity (Wildman–Crippen MR) is 69.0 cm³/mol. The van der Waals surface area contributed by atoms with Crippen LogP contribution in [0.5, 0.6) is 0 Å². The average Bonchev–Trinajstić information content (AvgIpc) is 2.14. The molecule has 5 heteroatoms. The monoisotopic (exact) mass is 259 g/mol. The molecule has 0 aromatic rings. The molecule has 4 nitrogen and oxygen atoms in total. The number of rotatable bonds is 4. The standard InChI is InChI=1S/C12H21NO3S/c1-9(14)17-7-5-11(15)13-10-4-6-16-12(2,3)8-10/h10H,4-8H2,1-3H3,(H,13,15)/t10-/m0/s1. The summed E-state index contributed by atoms with van der Waals surface area (Å²) in [4.78, 5) is 22.3. The van der Waals surface area contributed by atoms with Crippen molar-refractivity contribution in [1.29, 1.82) is 0 Å². The lowest BCUT2D eigenvalue weighted by molar-refractivity contribution is -0.123. The molecule has 1 saturated heterocycles. The summed E-state index contributed by atoms with van der Waals surface area (Å²) in [7, 11) is 0. The zero-order valence-electron chi connectivity index (χ0n) is 10.7. The molecule has 1 atom stereocenters. The molecule has 98 valence electrons. The number of thioether (sulfide) groups is 1. The number of ether oxygens (including phenoxy) is 1. The van der Waals surface area contributed by atoms with E-state index in [-0.39, 0.29) is 22.7 Å². The van der Waals surface area contributed by atoms with Gasteiger partial charge in [0.25, 0.3) is 0 Å². The Morgan fingerprint density at radius 1 is 1.47 bits per heavy atom. The molecule has 1 amide bonds. The van der Waals surface area contributed by atoms with Crippen molar-refractivity contribution in [3.05, 3.63) is 0 Å². The van der Waals surface area contributed by atoms with Gasteiger partial charge in [0, 0.05) is 31.7 Å². The van der Waals surface area contributed by atoms with E-state index in [1.165, 1.54) is 18.7 Å². The Balaban J connectivity index is 2.24. The van der Waals surface area contributed by atoms with Gasteiger partial charge in [0.1, 0.15) is 0 Å². The van der Waals surface area contributed by atoms with Crippen LogP contribution in [-0.2, 0) is 14.3 Å². The zero-order chi connectivity index (χ0) is 12.9. The zero-order valence-corrected chi connectivity index (χ0v) is 11.6. The van der Waals surface area contributed by atoms with Crippen molar-refractivity contribution >= 4 is 22.8 Å². The smallest absolute Gasteiger partial charge is 0.221 e. The van der Waals surface area contributed by atoms with Gasteiger partial charge in [0.15, 0.2) is 5.12 Å². The molecule has 0 radical (unpaired) electrons. The molecule has 1 fully saturated rings. The van der Waals surface area contributed by atoms with Gasteiger partial charge in [0.05, 0.1) is 5.60 Å². The van der Waals surface area contributed by atoms with Gasteiger partial charge in [-0.2, -0.15) is 0 Å². The molecule has 1 heterocycles. The van der Waals surface area contributed by atoms with E-state index in [0.717, 1.165) is 12.8 Å². The van der Waals surface area contributed by atoms with E-state index in [0.29, 0.717) is 18.8 Å². The first-order valence-corrected chi connectivity index (χ1v) is 6.94. The first kappa shape index (κ1) is 14.5. The number of carbonyl (C=O) groups excluding carboxylic acids is 2. The Bertz CT molecular complexity index is 291. The fourth-order valence-corrected chi connectivity index (χ4v) is 2.52. The maximum Gasteiger partial charge on any atom is 0.221 e. The number of nitrogens with one attached hydrogen (secondary N) is 1. The summed E-state index contributed by atoms with van der Waals surface area (Å²) >= 11 is 1.20. The first-order chi connectivity index (χ1) is 7.89. The van der Waals surface area contributed by atoms with Crippen LogP contribution in [0.2, 0.25) is 0 Å². The lowest BCUT2D eigenvalue weighted by Gasteiger charge is -2.35. The molecular formula is C12H21NO3S. The fourth-order valence-electron chi connectivity index (χ4n) is 1.94. The van der Waals surface area contributed by atoms with Gasteiger partial charge in [-0.1, -0.05) is 11.8 Å². The minimum atomic E-state index is -0.148. The SMILES string of the molecule is CC(=O)SCCC(=O)N[C@H]1CCOC(C)(C)C1. The van der Waals surface area contributed by atoms with Crippen LogP contribution in [0.15, 0.2) is 0 Å². The van der Waals surface area contributed by atoms with Crippen LogP contribution in [0.1, 0.15) is 40.0 Å². The summed E-state index contributed by atoms with van der Waals surface area (Å²) in [6, 6.07) is 0.202. The largest absolute Gasteiger partial charge is 0.375 e. The molecule has 1 aliphatic heterocycles. The average molecular weight is 259 g/mol. The third-order valence-electron chi connectivity index (χ3n) is 2.70. The third-order valence-corrected chi connectivity index (χ3v) is 3.51. The van der Waals surface area contributed by atoms with Crippen molar-refractivity contribution in [1.82, 2.24) is 5.32 Å². The van der Waals surface area contributed by atoms with Gasteiger partial charge < -0.3 is 10.1 Å². The van der Waals surface area contributed by atoms with Gasteiger partial charge >= 0.3 is 0 Å². The van der Waals surface area contributed by atoms with Crippen molar-refractivity contribution in [3.8, 4) is 0 Å². The highest BCUT2D eigenvalue weighted by Gasteiger charge is 2.29. The van der Waals surface area contributed by atoms with Crippen molar-refractivity contribution in [3.63, 3.8) is 0 Å². The molecular weight excluding hydrogens is 238 g/mol. The quantitative estimate of drug-likeness (QED) is 0.835. The van der Waals surface area contributed by atoms with E-state index in [1.54, 1.807) is 0 Å². The highest BCUT2D eigenvalue weighted by molar-refractivity contribution is 8.13. The molecule has 0 aromatic carbocycles. The molecule has 1 N–H and O–H groups in total. The van der Waals surface area contributed by atoms with Crippen molar-refractivity contribution < 1.29 is 14.3 Å². The van der Waals surface area contributed by atoms with Crippen LogP contribution in [-0.4, -0.2) is 35.0 Å². The van der Waals surface area contributed by atoms with Crippen LogP contribution in [0.3, 0.4) is 0 Å². The van der Waals surface area contributed by atoms with Gasteiger partial charge in [-0.25, -0.2) is 0 Å². The van der Waals surface area contributed by atoms with Crippen LogP contribution >= 0.6 is 11.8 Å². The summed E-state index contributed by atoms with van der Waals surface area (Å²) in [6.45, 7) is 6.29. The number of hydrogen-bond acceptors (Lipinski definition) is 4. The second kappa shape index (κ2) is 6.40. The Labute approximate surface area is 107 Å². The minimum Gasteiger partial charge on any atom is -0.375 e. The second-order valence-corrected chi connectivity index (χ2v) is 6.23. The van der Waals surface area contributed by atoms with Gasteiger partial charge in [-0.05, 0) is 26.7 Å². The fraction of sp³-hybridized carbons (Fsp3) is 0.833. The van der Waals surface area contributed by atoms with E-state index in [4.69, 9.17) is 4.74 Å². The highest BCUT2D eigenvalue weighted by Crippen LogP contribution is 2.23. The van der Waals surface area contributed by atoms with Gasteiger partial charge in [-0.3, -0.25) is 9.59 Å². The predicted octanol–water partition coefficient (Wildman–Crippen LogP) is 1.73. The van der Waals surface area contributed by atoms with Gasteiger partial charge in [0.2, 0.25) is 5.91 Å². The summed E-state index contributed by atoms with van der Waals surface area (Å²) < 4.78 is 5.59. The van der Waals surface area contributed by atoms with Crippen molar-refractivity contribution in [2.75, 3.05) is 12.4 Å². The van der Waals surface area contributed by atoms with E-state index < -0.39 is 0 Å². The molecule has 0 saturated carbocycles. The lowest BCUT2D eigenvalue weighted by atomic mass is 9.94. The molecule has 0 bridgehead atoms. The van der Waals surface area contributed by atoms with Gasteiger partial charge in [-0.15, -0.1) is 0 Å². The van der Waals surface area contributed by atoms with E-state index >= 15 is 0 Å². The number of hydrogen-bond donors (Lipinski definition) is 1. The third kappa shape index (κ3) is 6.07. The van der Waals surface area contributed by atoms with E-state index in [9.17, 15) is 9.59 Å². The van der Waals surface area contributed by atoms with E-state index in [2.05, 4.69) is 5.32 Å². The summed E-state index contributed by atoms with van der Waals surface area (Å²) in [6.07, 6.45) is 2.12. The molecule has 0 aromatic heterocycles. The highest BCUT2D eigenvalue weighted by atomic mass is 32.2. The van der Waals surface area contributed by atoms with Crippen LogP contribution in [0.4, 0.5) is 0 Å². The summed E-state index contributed by atoms with van der Waals surface area (Å²) in [5.74, 6) is 0.592. The molecule has 0 spiro atoms. The van der Waals surface area contributed by atoms with Crippen LogP contribution in [0, 0.1) is 0 Å². The molecule has 1 aliphatic rings. The summed E-state index contributed by atoms with van der Waals surface area (Å²) in [5, 5.41) is 3.06. The molecule has 1 rings (SSSR count). The maximum absolute atomic E-state index is 11.6. The first-order valence-electron chi connectivity index (χ1n) is 5.96. The maximum atomic E-state index is 11.6. The Hall–Kier alpha value is -0.550. The second-order valence-electron chi connectivity index (χ2n) is 4.96. The molecule has 0 unspecified atom stereocenters. The van der Waals surface area contributed by atoms with Crippen LogP contribution in [0.25, 0.3) is 0 Å². The summed E-state index contributed by atoms with van der Waals surface area (Å²) in [5.41, 5.74) is -0.148. The molecule has 17 heavy (non-hydrogen) atoms. The Morgan fingerprint density at radius 3 is 2.76 bits per heavy atom. The van der Waals surface area contributed by atoms with Crippen molar-refractivity contribution in [2.45, 2.75) is 51.7 Å². The number of amides is 1. The topological polar surface area (TPSA) is 55.4 Å². The van der Waals surface area contributed by atoms with E-state index in [1.807, 2.05) is 13.8 Å². The Kier molecular flexibility index (Phi) is 5.46. The number of carbonyl (C=O) groups is 2. The molecule has 0 aliphatic carbocycles. The Morgan fingerprint density at radius 2 is 2.18 bits per heavy atom. The lowest BCUT2D eigenvalue weighted by Crippen LogP contribution is -2.45. The van der Waals surface area contributed by atoms with Crippen LogP contribution < -0.4 is 5.32 Å².